The summed E-state index contributed by atoms with van der Waals surface area (Å²) in [7, 11) is 0. The highest BCUT2D eigenvalue weighted by molar-refractivity contribution is 5.04. The average Bonchev–Trinajstić information content (AvgIpc) is 2.17. The van der Waals surface area contributed by atoms with Gasteiger partial charge >= 0.3 is 0 Å². The van der Waals surface area contributed by atoms with E-state index < -0.39 is 0 Å². The highest BCUT2D eigenvalue weighted by atomic mass is 17.1. The van der Waals surface area contributed by atoms with Crippen molar-refractivity contribution in [2.75, 3.05) is 0 Å². The normalized spacial score (nSPS) is 10.1. The Bertz CT molecular complexity index is 384. The van der Waals surface area contributed by atoms with Crippen LogP contribution >= 0.6 is 0 Å². The molecule has 0 amide bonds. The lowest BCUT2D eigenvalue weighted by molar-refractivity contribution is -0.254. The third-order valence-electron chi connectivity index (χ3n) is 1.84. The van der Waals surface area contributed by atoms with Crippen LogP contribution in [0.4, 0.5) is 0 Å². The van der Waals surface area contributed by atoms with Crippen LogP contribution in [-0.4, -0.2) is 14.8 Å². The van der Waals surface area contributed by atoms with Crippen LogP contribution in [-0.2, 0) is 18.0 Å². The minimum atomic E-state index is -0.265. The van der Waals surface area contributed by atoms with Crippen molar-refractivity contribution < 1.29 is 10.1 Å². The second-order valence-corrected chi connectivity index (χ2v) is 2.82. The number of nitrogens with zero attached hydrogens (tertiary/aromatic N) is 2. The zero-order valence-corrected chi connectivity index (χ0v) is 7.93. The summed E-state index contributed by atoms with van der Waals surface area (Å²) in [6.07, 6.45) is 3.18. The Morgan fingerprint density at radius 3 is 3.07 bits per heavy atom. The molecule has 0 aliphatic heterocycles. The highest BCUT2D eigenvalue weighted by Gasteiger charge is 2.06. The maximum Gasteiger partial charge on any atom is 0.275 e. The molecule has 0 spiro atoms. The van der Waals surface area contributed by atoms with E-state index >= 15 is 0 Å². The number of hydrogen-bond donors (Lipinski definition) is 1. The Morgan fingerprint density at radius 2 is 2.50 bits per heavy atom. The first-order valence-corrected chi connectivity index (χ1v) is 4.13. The summed E-state index contributed by atoms with van der Waals surface area (Å²) in [5.74, 6) is 0. The average molecular weight is 196 g/mol. The van der Waals surface area contributed by atoms with E-state index in [-0.39, 0.29) is 17.9 Å². The molecule has 0 unspecified atom stereocenters. The van der Waals surface area contributed by atoms with Crippen molar-refractivity contribution in [3.63, 3.8) is 0 Å². The molecular formula is C9H12N2O3. The van der Waals surface area contributed by atoms with E-state index in [9.17, 15) is 4.79 Å². The zero-order valence-electron chi connectivity index (χ0n) is 7.93. The molecule has 0 atom stereocenters. The van der Waals surface area contributed by atoms with Crippen LogP contribution in [0.5, 0.6) is 0 Å². The van der Waals surface area contributed by atoms with Crippen LogP contribution in [0.2, 0.25) is 0 Å². The largest absolute Gasteiger partial charge is 0.306 e. The number of aryl methyl sites for hydroxylation is 1. The van der Waals surface area contributed by atoms with Crippen LogP contribution in [0.15, 0.2) is 23.6 Å². The fourth-order valence-electron chi connectivity index (χ4n) is 1.13. The summed E-state index contributed by atoms with van der Waals surface area (Å²) in [6, 6.07) is 0. The highest BCUT2D eigenvalue weighted by Crippen LogP contribution is 1.95. The fourth-order valence-corrected chi connectivity index (χ4v) is 1.13. The molecule has 0 bridgehead atoms. The number of allylic oxidation sites excluding steroid dienone is 1. The Labute approximate surface area is 81.2 Å². The van der Waals surface area contributed by atoms with E-state index in [1.165, 1.54) is 4.57 Å². The van der Waals surface area contributed by atoms with Crippen molar-refractivity contribution in [2.24, 2.45) is 0 Å². The van der Waals surface area contributed by atoms with E-state index in [0.717, 1.165) is 5.69 Å². The lowest BCUT2D eigenvalue weighted by atomic mass is 10.4. The smallest absolute Gasteiger partial charge is 0.275 e. The van der Waals surface area contributed by atoms with Crippen molar-refractivity contribution in [1.82, 2.24) is 9.55 Å². The van der Waals surface area contributed by atoms with Crippen molar-refractivity contribution in [1.29, 1.82) is 0 Å². The molecule has 1 heterocycles. The van der Waals surface area contributed by atoms with Crippen molar-refractivity contribution >= 4 is 0 Å². The van der Waals surface area contributed by atoms with Gasteiger partial charge in [-0.2, -0.15) is 0 Å². The molecule has 0 aromatic carbocycles. The molecule has 0 saturated carbocycles. The van der Waals surface area contributed by atoms with Gasteiger partial charge in [0.2, 0.25) is 0 Å². The molecule has 1 aromatic heterocycles. The van der Waals surface area contributed by atoms with Crippen molar-refractivity contribution in [3.8, 4) is 0 Å². The van der Waals surface area contributed by atoms with Gasteiger partial charge in [-0.1, -0.05) is 6.08 Å². The maximum atomic E-state index is 11.6. The van der Waals surface area contributed by atoms with Gasteiger partial charge in [-0.3, -0.25) is 15.0 Å². The first-order valence-electron chi connectivity index (χ1n) is 4.13. The van der Waals surface area contributed by atoms with E-state index in [4.69, 9.17) is 5.26 Å². The summed E-state index contributed by atoms with van der Waals surface area (Å²) in [4.78, 5) is 19.4. The van der Waals surface area contributed by atoms with Crippen LogP contribution < -0.4 is 5.56 Å². The molecule has 14 heavy (non-hydrogen) atoms. The van der Waals surface area contributed by atoms with Gasteiger partial charge in [0, 0.05) is 18.4 Å². The predicted octanol–water partition coefficient (Wildman–Crippen LogP) is 0.727. The van der Waals surface area contributed by atoms with E-state index in [1.54, 1.807) is 19.2 Å². The van der Waals surface area contributed by atoms with E-state index in [1.807, 2.05) is 0 Å². The SMILES string of the molecule is C=CCn1c(C)cnc(COO)c1=O. The molecule has 0 saturated heterocycles. The summed E-state index contributed by atoms with van der Waals surface area (Å²) in [5.41, 5.74) is 0.662. The van der Waals surface area contributed by atoms with E-state index in [2.05, 4.69) is 16.5 Å². The van der Waals surface area contributed by atoms with Crippen molar-refractivity contribution in [3.05, 3.63) is 40.6 Å². The monoisotopic (exact) mass is 196 g/mol. The molecule has 1 N–H and O–H groups in total. The molecule has 0 aliphatic rings. The topological polar surface area (TPSA) is 64.3 Å². The van der Waals surface area contributed by atoms with Gasteiger partial charge in [-0.05, 0) is 6.92 Å². The summed E-state index contributed by atoms with van der Waals surface area (Å²) < 4.78 is 1.51. The Morgan fingerprint density at radius 1 is 1.79 bits per heavy atom. The van der Waals surface area contributed by atoms with Gasteiger partial charge in [-0.25, -0.2) is 4.89 Å². The molecule has 1 aromatic rings. The molecule has 0 fully saturated rings. The van der Waals surface area contributed by atoms with Crippen LogP contribution in [0.1, 0.15) is 11.4 Å². The second-order valence-electron chi connectivity index (χ2n) is 2.82. The number of aromatic nitrogens is 2. The quantitative estimate of drug-likeness (QED) is 0.438. The number of rotatable bonds is 4. The fraction of sp³-hybridized carbons (Fsp3) is 0.333. The molecule has 5 heteroatoms. The minimum Gasteiger partial charge on any atom is -0.306 e. The Balaban J connectivity index is 3.19. The summed E-state index contributed by atoms with van der Waals surface area (Å²) in [6.45, 7) is 5.56. The molecule has 76 valence electrons. The van der Waals surface area contributed by atoms with Gasteiger partial charge in [-0.15, -0.1) is 6.58 Å². The first kappa shape index (κ1) is 10.6. The second kappa shape index (κ2) is 4.69. The minimum absolute atomic E-state index is 0.181. The van der Waals surface area contributed by atoms with Gasteiger partial charge in [0.25, 0.3) is 5.56 Å². The summed E-state index contributed by atoms with van der Waals surface area (Å²) in [5, 5.41) is 8.23. The zero-order chi connectivity index (χ0) is 10.6. The molecule has 0 radical (unpaired) electrons. The third kappa shape index (κ3) is 2.07. The molecule has 5 nitrogen and oxygen atoms in total. The lowest BCUT2D eigenvalue weighted by Gasteiger charge is -2.07. The molecule has 0 aliphatic carbocycles. The summed E-state index contributed by atoms with van der Waals surface area (Å²) >= 11 is 0. The lowest BCUT2D eigenvalue weighted by Crippen LogP contribution is -2.26. The Kier molecular flexibility index (Phi) is 3.55. The molecule has 1 rings (SSSR count). The predicted molar refractivity (Wildman–Crippen MR) is 50.8 cm³/mol. The van der Waals surface area contributed by atoms with Gasteiger partial charge in [0.15, 0.2) is 0 Å². The van der Waals surface area contributed by atoms with Gasteiger partial charge in [0.05, 0.1) is 0 Å². The van der Waals surface area contributed by atoms with E-state index in [0.29, 0.717) is 6.54 Å². The van der Waals surface area contributed by atoms with Crippen LogP contribution in [0.25, 0.3) is 0 Å². The van der Waals surface area contributed by atoms with Crippen LogP contribution in [0, 0.1) is 6.92 Å². The number of hydrogen-bond acceptors (Lipinski definition) is 4. The van der Waals surface area contributed by atoms with Crippen molar-refractivity contribution in [2.45, 2.75) is 20.1 Å². The van der Waals surface area contributed by atoms with Crippen LogP contribution in [0.3, 0.4) is 0 Å². The first-order chi connectivity index (χ1) is 6.70. The van der Waals surface area contributed by atoms with Gasteiger partial charge in [0.1, 0.15) is 12.3 Å². The van der Waals surface area contributed by atoms with Gasteiger partial charge < -0.3 is 4.57 Å². The molecular weight excluding hydrogens is 184 g/mol. The standard InChI is InChI=1S/C9H12N2O3/c1-3-4-11-7(2)5-10-8(6-14-13)9(11)12/h3,5,13H,1,4,6H2,2H3. The maximum absolute atomic E-state index is 11.6. The Hall–Kier alpha value is -1.46. The third-order valence-corrected chi connectivity index (χ3v) is 1.84.